The summed E-state index contributed by atoms with van der Waals surface area (Å²) < 4.78 is 5.33. The van der Waals surface area contributed by atoms with Crippen molar-refractivity contribution in [2.75, 3.05) is 6.61 Å². The number of fused-ring (bicyclic) bond motifs is 1. The van der Waals surface area contributed by atoms with Crippen LogP contribution in [0.5, 0.6) is 5.75 Å². The van der Waals surface area contributed by atoms with Gasteiger partial charge in [-0.05, 0) is 18.2 Å². The van der Waals surface area contributed by atoms with Crippen LogP contribution in [0.2, 0.25) is 5.02 Å². The molecule has 5 heteroatoms. The number of Topliss-reactive ketones (excluding diaryl/α,β-unsaturated/α-hetero) is 1. The third-order valence-corrected chi connectivity index (χ3v) is 2.40. The van der Waals surface area contributed by atoms with Gasteiger partial charge in [-0.1, -0.05) is 16.8 Å². The largest absolute Gasteiger partial charge is 0.492 e. The van der Waals surface area contributed by atoms with Gasteiger partial charge in [-0.2, -0.15) is 0 Å². The molecule has 0 atom stereocenters. The first-order valence-corrected chi connectivity index (χ1v) is 4.78. The Morgan fingerprint density at radius 1 is 1.47 bits per heavy atom. The third-order valence-electron chi connectivity index (χ3n) is 2.17. The maximum atomic E-state index is 11.8. The van der Waals surface area contributed by atoms with Crippen LogP contribution in [-0.4, -0.2) is 23.3 Å². The summed E-state index contributed by atoms with van der Waals surface area (Å²) in [6.45, 7) is 0.319. The monoisotopic (exact) mass is 225 g/mol. The van der Waals surface area contributed by atoms with Crippen molar-refractivity contribution in [1.29, 1.82) is 0 Å². The van der Waals surface area contributed by atoms with Gasteiger partial charge in [0.05, 0.1) is 12.2 Å². The lowest BCUT2D eigenvalue weighted by atomic mass is 10.1. The van der Waals surface area contributed by atoms with Crippen LogP contribution in [0.15, 0.2) is 23.4 Å². The van der Waals surface area contributed by atoms with Crippen LogP contribution >= 0.6 is 11.6 Å². The first-order valence-electron chi connectivity index (χ1n) is 4.40. The second-order valence-corrected chi connectivity index (χ2v) is 3.55. The van der Waals surface area contributed by atoms with E-state index in [0.717, 1.165) is 0 Å². The van der Waals surface area contributed by atoms with E-state index in [1.165, 1.54) is 6.07 Å². The quantitative estimate of drug-likeness (QED) is 0.544. The molecule has 0 radical (unpaired) electrons. The van der Waals surface area contributed by atoms with Crippen LogP contribution in [0.1, 0.15) is 16.8 Å². The molecule has 0 saturated carbocycles. The molecule has 1 heterocycles. The predicted molar refractivity (Wildman–Crippen MR) is 55.1 cm³/mol. The maximum Gasteiger partial charge on any atom is 0.214 e. The second-order valence-electron chi connectivity index (χ2n) is 3.11. The van der Waals surface area contributed by atoms with Crippen LogP contribution < -0.4 is 4.74 Å². The summed E-state index contributed by atoms with van der Waals surface area (Å²) >= 11 is 5.78. The number of halogens is 1. The summed E-state index contributed by atoms with van der Waals surface area (Å²) in [6, 6.07) is 4.79. The molecule has 0 unspecified atom stereocenters. The van der Waals surface area contributed by atoms with Crippen LogP contribution in [0.25, 0.3) is 0 Å². The van der Waals surface area contributed by atoms with E-state index in [1.807, 2.05) is 0 Å². The molecule has 1 aliphatic heterocycles. The van der Waals surface area contributed by atoms with Gasteiger partial charge < -0.3 is 9.94 Å². The van der Waals surface area contributed by atoms with Crippen molar-refractivity contribution in [3.05, 3.63) is 28.8 Å². The van der Waals surface area contributed by atoms with Crippen LogP contribution in [0.4, 0.5) is 0 Å². The van der Waals surface area contributed by atoms with E-state index in [1.54, 1.807) is 12.1 Å². The Morgan fingerprint density at radius 2 is 2.27 bits per heavy atom. The van der Waals surface area contributed by atoms with E-state index in [2.05, 4.69) is 5.16 Å². The van der Waals surface area contributed by atoms with E-state index in [0.29, 0.717) is 29.4 Å². The fraction of sp³-hybridized carbons (Fsp3) is 0.200. The molecule has 1 aliphatic rings. The fourth-order valence-electron chi connectivity index (χ4n) is 1.43. The topological polar surface area (TPSA) is 58.9 Å². The lowest BCUT2D eigenvalue weighted by Gasteiger charge is -2.04. The van der Waals surface area contributed by atoms with Crippen molar-refractivity contribution in [2.45, 2.75) is 6.42 Å². The minimum absolute atomic E-state index is 0.0935. The highest BCUT2D eigenvalue weighted by molar-refractivity contribution is 6.47. The number of hydrogen-bond donors (Lipinski definition) is 1. The molecule has 1 N–H and O–H groups in total. The van der Waals surface area contributed by atoms with Crippen molar-refractivity contribution in [3.8, 4) is 5.75 Å². The zero-order valence-electron chi connectivity index (χ0n) is 7.74. The van der Waals surface area contributed by atoms with E-state index in [9.17, 15) is 4.79 Å². The van der Waals surface area contributed by atoms with Gasteiger partial charge in [-0.15, -0.1) is 0 Å². The number of carbonyl (C=O) groups excluding carboxylic acids is 1. The molecule has 0 aromatic heterocycles. The SMILES string of the molecule is O=C1/C(=N\O)CCOc2ccc(Cl)cc21. The first kappa shape index (κ1) is 9.98. The van der Waals surface area contributed by atoms with Crippen molar-refractivity contribution < 1.29 is 14.7 Å². The smallest absolute Gasteiger partial charge is 0.214 e. The number of oxime groups is 1. The predicted octanol–water partition coefficient (Wildman–Crippen LogP) is 2.14. The highest BCUT2D eigenvalue weighted by Gasteiger charge is 2.23. The molecule has 15 heavy (non-hydrogen) atoms. The van der Waals surface area contributed by atoms with E-state index in [4.69, 9.17) is 21.5 Å². The number of ketones is 1. The molecule has 0 spiro atoms. The van der Waals surface area contributed by atoms with Crippen molar-refractivity contribution >= 4 is 23.1 Å². The van der Waals surface area contributed by atoms with E-state index in [-0.39, 0.29) is 11.5 Å². The zero-order valence-corrected chi connectivity index (χ0v) is 8.49. The molecule has 0 fully saturated rings. The summed E-state index contributed by atoms with van der Waals surface area (Å²) in [5.74, 6) is 0.135. The third kappa shape index (κ3) is 1.80. The fourth-order valence-corrected chi connectivity index (χ4v) is 1.60. The summed E-state index contributed by atoms with van der Waals surface area (Å²) in [4.78, 5) is 11.8. The molecule has 1 aromatic carbocycles. The number of hydrogen-bond acceptors (Lipinski definition) is 4. The van der Waals surface area contributed by atoms with Crippen molar-refractivity contribution in [2.24, 2.45) is 5.16 Å². The summed E-state index contributed by atoms with van der Waals surface area (Å²) in [7, 11) is 0. The van der Waals surface area contributed by atoms with Gasteiger partial charge in [0.25, 0.3) is 0 Å². The van der Waals surface area contributed by atoms with Crippen LogP contribution in [0.3, 0.4) is 0 Å². The molecular formula is C10H8ClNO3. The Hall–Kier alpha value is -1.55. The normalized spacial score (nSPS) is 18.2. The molecule has 0 saturated heterocycles. The van der Waals surface area contributed by atoms with Crippen molar-refractivity contribution in [3.63, 3.8) is 0 Å². The zero-order chi connectivity index (χ0) is 10.8. The molecule has 0 amide bonds. The standard InChI is InChI=1S/C10H8ClNO3/c11-6-1-2-9-7(5-6)10(13)8(12-14)3-4-15-9/h1-2,5,14H,3-4H2/b12-8-. The molecular weight excluding hydrogens is 218 g/mol. The van der Waals surface area contributed by atoms with Gasteiger partial charge in [0, 0.05) is 11.4 Å². The molecule has 4 nitrogen and oxygen atoms in total. The number of nitrogens with zero attached hydrogens (tertiary/aromatic N) is 1. The average molecular weight is 226 g/mol. The maximum absolute atomic E-state index is 11.8. The highest BCUT2D eigenvalue weighted by Crippen LogP contribution is 2.26. The van der Waals surface area contributed by atoms with E-state index >= 15 is 0 Å². The van der Waals surface area contributed by atoms with Gasteiger partial charge in [-0.3, -0.25) is 4.79 Å². The number of carbonyl (C=O) groups is 1. The lowest BCUT2D eigenvalue weighted by molar-refractivity contribution is 0.106. The van der Waals surface area contributed by atoms with Crippen LogP contribution in [0, 0.1) is 0 Å². The molecule has 78 valence electrons. The van der Waals surface area contributed by atoms with Crippen LogP contribution in [-0.2, 0) is 0 Å². The molecule has 0 aliphatic carbocycles. The number of rotatable bonds is 0. The minimum atomic E-state index is -0.340. The number of benzene rings is 1. The Labute approximate surface area is 91.1 Å². The second kappa shape index (κ2) is 3.90. The Kier molecular flexibility index (Phi) is 2.60. The Balaban J connectivity index is 2.54. The summed E-state index contributed by atoms with van der Waals surface area (Å²) in [5, 5.41) is 12.1. The van der Waals surface area contributed by atoms with Gasteiger partial charge in [0.15, 0.2) is 0 Å². The number of ether oxygens (including phenoxy) is 1. The molecule has 2 rings (SSSR count). The average Bonchev–Trinajstić information content (AvgIpc) is 2.39. The van der Waals surface area contributed by atoms with Crippen molar-refractivity contribution in [1.82, 2.24) is 0 Å². The van der Waals surface area contributed by atoms with E-state index < -0.39 is 0 Å². The van der Waals surface area contributed by atoms with Gasteiger partial charge in [0.2, 0.25) is 5.78 Å². The Morgan fingerprint density at radius 3 is 3.00 bits per heavy atom. The Bertz CT molecular complexity index is 442. The van der Waals surface area contributed by atoms with Gasteiger partial charge in [-0.25, -0.2) is 0 Å². The van der Waals surface area contributed by atoms with Gasteiger partial charge in [0.1, 0.15) is 11.5 Å². The summed E-state index contributed by atoms with van der Waals surface area (Å²) in [6.07, 6.45) is 0.293. The lowest BCUT2D eigenvalue weighted by Crippen LogP contribution is -2.13. The first-order chi connectivity index (χ1) is 7.22. The van der Waals surface area contributed by atoms with Gasteiger partial charge >= 0.3 is 0 Å². The summed E-state index contributed by atoms with van der Waals surface area (Å²) in [5.41, 5.74) is 0.434. The molecule has 0 bridgehead atoms. The molecule has 1 aromatic rings. The highest BCUT2D eigenvalue weighted by atomic mass is 35.5. The minimum Gasteiger partial charge on any atom is -0.492 e.